The number of nitrogens with zero attached hydrogens (tertiary/aromatic N) is 3. The van der Waals surface area contributed by atoms with E-state index in [-0.39, 0.29) is 5.91 Å². The molecular formula is C17H20N4O. The molecule has 114 valence electrons. The van der Waals surface area contributed by atoms with E-state index < -0.39 is 0 Å². The number of rotatable bonds is 4. The van der Waals surface area contributed by atoms with E-state index in [9.17, 15) is 4.79 Å². The zero-order valence-electron chi connectivity index (χ0n) is 12.7. The van der Waals surface area contributed by atoms with Crippen molar-refractivity contribution in [2.45, 2.75) is 31.7 Å². The summed E-state index contributed by atoms with van der Waals surface area (Å²) in [5.74, 6) is 0.580. The number of aromatic nitrogens is 2. The number of nitrogens with one attached hydrogen (secondary N) is 1. The van der Waals surface area contributed by atoms with Gasteiger partial charge in [-0.05, 0) is 37.1 Å². The van der Waals surface area contributed by atoms with Crippen LogP contribution in [0.5, 0.6) is 0 Å². The van der Waals surface area contributed by atoms with Crippen LogP contribution in [0.4, 0.5) is 11.5 Å². The van der Waals surface area contributed by atoms with Crippen molar-refractivity contribution in [2.75, 3.05) is 17.3 Å². The van der Waals surface area contributed by atoms with E-state index in [1.807, 2.05) is 36.4 Å². The molecule has 0 saturated heterocycles. The van der Waals surface area contributed by atoms with Gasteiger partial charge in [0.05, 0.1) is 0 Å². The first-order chi connectivity index (χ1) is 10.7. The third-order valence-electron chi connectivity index (χ3n) is 4.04. The molecule has 1 aliphatic carbocycles. The molecule has 0 bridgehead atoms. The van der Waals surface area contributed by atoms with Gasteiger partial charge in [-0.1, -0.05) is 31.0 Å². The molecule has 2 aromatic rings. The Balaban J connectivity index is 1.68. The van der Waals surface area contributed by atoms with E-state index >= 15 is 0 Å². The normalized spacial score (nSPS) is 14.8. The van der Waals surface area contributed by atoms with Gasteiger partial charge in [-0.2, -0.15) is 0 Å². The van der Waals surface area contributed by atoms with Crippen LogP contribution in [0.2, 0.25) is 0 Å². The van der Waals surface area contributed by atoms with Crippen LogP contribution in [0.15, 0.2) is 42.5 Å². The Morgan fingerprint density at radius 1 is 1.09 bits per heavy atom. The number of amides is 1. The molecule has 0 atom stereocenters. The number of anilines is 2. The molecule has 1 aliphatic rings. The number of carbonyl (C=O) groups excluding carboxylic acids is 1. The van der Waals surface area contributed by atoms with E-state index in [4.69, 9.17) is 0 Å². The van der Waals surface area contributed by atoms with E-state index in [0.29, 0.717) is 11.7 Å². The summed E-state index contributed by atoms with van der Waals surface area (Å²) >= 11 is 0. The van der Waals surface area contributed by atoms with Crippen LogP contribution in [-0.4, -0.2) is 29.2 Å². The molecule has 22 heavy (non-hydrogen) atoms. The summed E-state index contributed by atoms with van der Waals surface area (Å²) in [6, 6.07) is 13.6. The largest absolute Gasteiger partial charge is 0.366 e. The van der Waals surface area contributed by atoms with Crippen molar-refractivity contribution < 1.29 is 4.79 Å². The number of carbonyl (C=O) groups is 1. The first kappa shape index (κ1) is 14.5. The summed E-state index contributed by atoms with van der Waals surface area (Å²) in [7, 11) is 1.74. The summed E-state index contributed by atoms with van der Waals surface area (Å²) in [4.78, 5) is 14.0. The van der Waals surface area contributed by atoms with Crippen LogP contribution in [0, 0.1) is 0 Å². The standard InChI is InChI=1S/C17H20N4O/c1-21(14-9-3-2-4-10-14)17(22)15-11-12-16(20-19-15)18-13-7-5-6-8-13/h2-4,9-13H,5-8H2,1H3,(H,18,20). The molecule has 5 heteroatoms. The average Bonchev–Trinajstić information content (AvgIpc) is 3.08. The maximum absolute atomic E-state index is 12.4. The Hall–Kier alpha value is -2.43. The second-order valence-corrected chi connectivity index (χ2v) is 5.63. The average molecular weight is 296 g/mol. The van der Waals surface area contributed by atoms with Gasteiger partial charge in [-0.25, -0.2) is 0 Å². The summed E-state index contributed by atoms with van der Waals surface area (Å²) in [6.45, 7) is 0. The Labute approximate surface area is 130 Å². The lowest BCUT2D eigenvalue weighted by Gasteiger charge is -2.17. The topological polar surface area (TPSA) is 58.1 Å². The van der Waals surface area contributed by atoms with Crippen molar-refractivity contribution in [3.63, 3.8) is 0 Å². The zero-order chi connectivity index (χ0) is 15.4. The van der Waals surface area contributed by atoms with Gasteiger partial charge in [-0.15, -0.1) is 10.2 Å². The van der Waals surface area contributed by atoms with E-state index in [1.165, 1.54) is 25.7 Å². The molecule has 3 rings (SSSR count). The van der Waals surface area contributed by atoms with Gasteiger partial charge in [0.2, 0.25) is 0 Å². The van der Waals surface area contributed by atoms with E-state index in [0.717, 1.165) is 11.5 Å². The Morgan fingerprint density at radius 2 is 1.82 bits per heavy atom. The smallest absolute Gasteiger partial charge is 0.278 e. The quantitative estimate of drug-likeness (QED) is 0.942. The van der Waals surface area contributed by atoms with Crippen molar-refractivity contribution >= 4 is 17.4 Å². The lowest BCUT2D eigenvalue weighted by atomic mass is 10.2. The van der Waals surface area contributed by atoms with E-state index in [1.54, 1.807) is 18.0 Å². The molecular weight excluding hydrogens is 276 g/mol. The fourth-order valence-electron chi connectivity index (χ4n) is 2.74. The van der Waals surface area contributed by atoms with Crippen molar-refractivity contribution in [1.29, 1.82) is 0 Å². The molecule has 5 nitrogen and oxygen atoms in total. The molecule has 1 aromatic heterocycles. The molecule has 1 amide bonds. The number of para-hydroxylation sites is 1. The van der Waals surface area contributed by atoms with Gasteiger partial charge in [0.1, 0.15) is 5.82 Å². The second-order valence-electron chi connectivity index (χ2n) is 5.63. The van der Waals surface area contributed by atoms with Crippen LogP contribution in [0.25, 0.3) is 0 Å². The maximum Gasteiger partial charge on any atom is 0.278 e. The molecule has 0 aliphatic heterocycles. The lowest BCUT2D eigenvalue weighted by Crippen LogP contribution is -2.27. The predicted molar refractivity (Wildman–Crippen MR) is 87.1 cm³/mol. The zero-order valence-corrected chi connectivity index (χ0v) is 12.7. The minimum absolute atomic E-state index is 0.161. The maximum atomic E-state index is 12.4. The third kappa shape index (κ3) is 3.24. The molecule has 0 radical (unpaired) electrons. The molecule has 0 unspecified atom stereocenters. The summed E-state index contributed by atoms with van der Waals surface area (Å²) in [5, 5.41) is 11.6. The summed E-state index contributed by atoms with van der Waals surface area (Å²) in [5.41, 5.74) is 1.19. The minimum atomic E-state index is -0.161. The molecule has 1 heterocycles. The number of hydrogen-bond acceptors (Lipinski definition) is 4. The lowest BCUT2D eigenvalue weighted by molar-refractivity contribution is 0.0987. The van der Waals surface area contributed by atoms with Crippen molar-refractivity contribution in [2.24, 2.45) is 0 Å². The highest BCUT2D eigenvalue weighted by atomic mass is 16.2. The van der Waals surface area contributed by atoms with Crippen molar-refractivity contribution in [1.82, 2.24) is 10.2 Å². The van der Waals surface area contributed by atoms with Gasteiger partial charge in [0.25, 0.3) is 5.91 Å². The number of benzene rings is 1. The number of hydrogen-bond donors (Lipinski definition) is 1. The molecule has 0 spiro atoms. The van der Waals surface area contributed by atoms with Gasteiger partial charge < -0.3 is 10.2 Å². The first-order valence-electron chi connectivity index (χ1n) is 7.67. The minimum Gasteiger partial charge on any atom is -0.366 e. The predicted octanol–water partition coefficient (Wildman–Crippen LogP) is 3.11. The molecule has 1 saturated carbocycles. The van der Waals surface area contributed by atoms with Crippen LogP contribution >= 0.6 is 0 Å². The highest BCUT2D eigenvalue weighted by Crippen LogP contribution is 2.21. The SMILES string of the molecule is CN(C(=O)c1ccc(NC2CCCC2)nn1)c1ccccc1. The molecule has 1 aromatic carbocycles. The molecule has 1 N–H and O–H groups in total. The van der Waals surface area contributed by atoms with E-state index in [2.05, 4.69) is 15.5 Å². The van der Waals surface area contributed by atoms with Gasteiger partial charge in [-0.3, -0.25) is 4.79 Å². The van der Waals surface area contributed by atoms with Crippen LogP contribution in [0.1, 0.15) is 36.2 Å². The fourth-order valence-corrected chi connectivity index (χ4v) is 2.74. The monoisotopic (exact) mass is 296 g/mol. The Bertz CT molecular complexity index is 621. The first-order valence-corrected chi connectivity index (χ1v) is 7.67. The highest BCUT2D eigenvalue weighted by molar-refractivity contribution is 6.04. The van der Waals surface area contributed by atoms with Crippen molar-refractivity contribution in [3.05, 3.63) is 48.2 Å². The van der Waals surface area contributed by atoms with Crippen LogP contribution < -0.4 is 10.2 Å². The van der Waals surface area contributed by atoms with Gasteiger partial charge in [0.15, 0.2) is 5.69 Å². The fraction of sp³-hybridized carbons (Fsp3) is 0.353. The van der Waals surface area contributed by atoms with Crippen LogP contribution in [-0.2, 0) is 0 Å². The highest BCUT2D eigenvalue weighted by Gasteiger charge is 2.17. The molecule has 1 fully saturated rings. The Kier molecular flexibility index (Phi) is 4.32. The van der Waals surface area contributed by atoms with Gasteiger partial charge in [0, 0.05) is 18.8 Å². The summed E-state index contributed by atoms with van der Waals surface area (Å²) < 4.78 is 0. The Morgan fingerprint density at radius 3 is 2.45 bits per heavy atom. The second kappa shape index (κ2) is 6.56. The van der Waals surface area contributed by atoms with Gasteiger partial charge >= 0.3 is 0 Å². The van der Waals surface area contributed by atoms with Crippen molar-refractivity contribution in [3.8, 4) is 0 Å². The summed E-state index contributed by atoms with van der Waals surface area (Å²) in [6.07, 6.45) is 4.89. The third-order valence-corrected chi connectivity index (χ3v) is 4.04. The van der Waals surface area contributed by atoms with Crippen LogP contribution in [0.3, 0.4) is 0 Å².